The van der Waals surface area contributed by atoms with Crippen molar-refractivity contribution in [1.82, 2.24) is 5.32 Å². The van der Waals surface area contributed by atoms with Gasteiger partial charge in [0, 0.05) is 18.0 Å². The summed E-state index contributed by atoms with van der Waals surface area (Å²) in [5, 5.41) is 6.16. The van der Waals surface area contributed by atoms with E-state index in [2.05, 4.69) is 10.6 Å². The number of benzene rings is 1. The number of rotatable bonds is 1. The zero-order chi connectivity index (χ0) is 12.3. The minimum Gasteiger partial charge on any atom is -0.323 e. The Bertz CT molecular complexity index is 543. The molecular formula is C14H15FN2O. The van der Waals surface area contributed by atoms with Crippen LogP contribution in [0.5, 0.6) is 0 Å². The second-order valence-electron chi connectivity index (χ2n) is 5.65. The number of hydrogen-bond donors (Lipinski definition) is 2. The summed E-state index contributed by atoms with van der Waals surface area (Å²) in [5.41, 5.74) is 2.26. The van der Waals surface area contributed by atoms with E-state index in [1.54, 1.807) is 6.07 Å². The van der Waals surface area contributed by atoms with Crippen LogP contribution >= 0.6 is 0 Å². The van der Waals surface area contributed by atoms with Gasteiger partial charge in [-0.3, -0.25) is 4.79 Å². The van der Waals surface area contributed by atoms with Crippen molar-refractivity contribution in [3.8, 4) is 0 Å². The minimum absolute atomic E-state index is 0.105. The topological polar surface area (TPSA) is 41.1 Å². The number of fused-ring (bicyclic) bond motifs is 3. The maximum Gasteiger partial charge on any atom is 0.228 e. The number of hydrogen-bond acceptors (Lipinski definition) is 2. The van der Waals surface area contributed by atoms with Crippen molar-refractivity contribution in [2.24, 2.45) is 0 Å². The average molecular weight is 246 g/mol. The zero-order valence-corrected chi connectivity index (χ0v) is 10.0. The molecule has 94 valence electrons. The van der Waals surface area contributed by atoms with Crippen molar-refractivity contribution < 1.29 is 9.18 Å². The lowest BCUT2D eigenvalue weighted by Crippen LogP contribution is -2.21. The largest absolute Gasteiger partial charge is 0.323 e. The highest BCUT2D eigenvalue weighted by Gasteiger charge is 2.40. The van der Waals surface area contributed by atoms with E-state index in [1.807, 2.05) is 6.07 Å². The van der Waals surface area contributed by atoms with E-state index in [0.29, 0.717) is 30.1 Å². The second-order valence-corrected chi connectivity index (χ2v) is 5.65. The number of amides is 1. The summed E-state index contributed by atoms with van der Waals surface area (Å²) in [4.78, 5) is 11.3. The summed E-state index contributed by atoms with van der Waals surface area (Å²) in [6, 6.07) is 4.73. The number of halogens is 1. The lowest BCUT2D eigenvalue weighted by molar-refractivity contribution is -0.115. The summed E-state index contributed by atoms with van der Waals surface area (Å²) in [6.45, 7) is 0. The van der Waals surface area contributed by atoms with Crippen LogP contribution in [0, 0.1) is 5.82 Å². The van der Waals surface area contributed by atoms with Crippen LogP contribution in [-0.2, 0) is 11.2 Å². The Hall–Kier alpha value is -1.42. The van der Waals surface area contributed by atoms with Gasteiger partial charge < -0.3 is 10.6 Å². The van der Waals surface area contributed by atoms with Crippen molar-refractivity contribution in [1.29, 1.82) is 0 Å². The van der Waals surface area contributed by atoms with Gasteiger partial charge in [0.05, 0.1) is 12.1 Å². The third-order valence-electron chi connectivity index (χ3n) is 4.54. The maximum atomic E-state index is 14.0. The van der Waals surface area contributed by atoms with Crippen molar-refractivity contribution in [3.63, 3.8) is 0 Å². The molecule has 3 aliphatic rings. The highest BCUT2D eigenvalue weighted by atomic mass is 19.1. The van der Waals surface area contributed by atoms with Crippen LogP contribution in [0.25, 0.3) is 0 Å². The second kappa shape index (κ2) is 3.54. The predicted molar refractivity (Wildman–Crippen MR) is 66.0 cm³/mol. The molecule has 2 fully saturated rings. The maximum absolute atomic E-state index is 14.0. The van der Waals surface area contributed by atoms with Crippen molar-refractivity contribution in [3.05, 3.63) is 29.1 Å². The fraction of sp³-hybridized carbons (Fsp3) is 0.500. The van der Waals surface area contributed by atoms with Crippen LogP contribution in [-0.4, -0.2) is 18.0 Å². The smallest absolute Gasteiger partial charge is 0.228 e. The molecule has 2 bridgehead atoms. The van der Waals surface area contributed by atoms with E-state index in [9.17, 15) is 9.18 Å². The number of carbonyl (C=O) groups is 1. The van der Waals surface area contributed by atoms with E-state index in [4.69, 9.17) is 0 Å². The lowest BCUT2D eigenvalue weighted by Gasteiger charge is -2.21. The average Bonchev–Trinajstić information content (AvgIpc) is 3.01. The van der Waals surface area contributed by atoms with E-state index >= 15 is 0 Å². The molecule has 4 rings (SSSR count). The van der Waals surface area contributed by atoms with Gasteiger partial charge in [-0.25, -0.2) is 4.39 Å². The summed E-state index contributed by atoms with van der Waals surface area (Å²) in [6.07, 6.45) is 3.85. The fourth-order valence-electron chi connectivity index (χ4n) is 3.73. The molecule has 3 aliphatic heterocycles. The molecule has 4 heteroatoms. The Balaban J connectivity index is 1.73. The summed E-state index contributed by atoms with van der Waals surface area (Å²) in [5.74, 6) is 0.0301. The molecule has 1 aromatic carbocycles. The quantitative estimate of drug-likeness (QED) is 0.795. The van der Waals surface area contributed by atoms with Gasteiger partial charge in [-0.05, 0) is 36.5 Å². The van der Waals surface area contributed by atoms with Gasteiger partial charge in [0.25, 0.3) is 0 Å². The molecule has 2 N–H and O–H groups in total. The summed E-state index contributed by atoms with van der Waals surface area (Å²) >= 11 is 0. The Kier molecular flexibility index (Phi) is 2.07. The fourth-order valence-corrected chi connectivity index (χ4v) is 3.73. The van der Waals surface area contributed by atoms with E-state index in [1.165, 1.54) is 12.8 Å². The lowest BCUT2D eigenvalue weighted by atomic mass is 9.83. The molecule has 0 radical (unpaired) electrons. The first-order valence-corrected chi connectivity index (χ1v) is 6.59. The van der Waals surface area contributed by atoms with Crippen molar-refractivity contribution >= 4 is 11.6 Å². The third kappa shape index (κ3) is 1.42. The molecule has 1 amide bonds. The zero-order valence-electron chi connectivity index (χ0n) is 10.0. The molecule has 0 aliphatic carbocycles. The van der Waals surface area contributed by atoms with Gasteiger partial charge in [-0.1, -0.05) is 6.07 Å². The monoisotopic (exact) mass is 246 g/mol. The molecule has 3 unspecified atom stereocenters. The number of nitrogens with one attached hydrogen (secondary N) is 2. The Morgan fingerprint density at radius 1 is 1.28 bits per heavy atom. The van der Waals surface area contributed by atoms with Crippen LogP contribution < -0.4 is 10.6 Å². The van der Waals surface area contributed by atoms with Crippen LogP contribution in [0.2, 0.25) is 0 Å². The standard InChI is InChI=1S/C14H15FN2O/c15-11-4-7(3-8-5-13(18)17-14(8)11)10-6-9-1-2-12(10)16-9/h3-4,9-10,12,16H,1-2,5-6H2,(H,17,18). The minimum atomic E-state index is -0.281. The number of anilines is 1. The highest BCUT2D eigenvalue weighted by Crippen LogP contribution is 2.41. The first-order chi connectivity index (χ1) is 8.70. The first-order valence-electron chi connectivity index (χ1n) is 6.59. The van der Waals surface area contributed by atoms with Crippen molar-refractivity contribution in [2.45, 2.75) is 43.7 Å². The SMILES string of the molecule is O=C1Cc2cc(C3CC4CCC3N4)cc(F)c2N1. The predicted octanol–water partition coefficient (Wildman–Crippen LogP) is 1.93. The first kappa shape index (κ1) is 10.5. The molecule has 2 saturated heterocycles. The Morgan fingerprint density at radius 3 is 2.89 bits per heavy atom. The normalized spacial score (nSPS) is 32.7. The van der Waals surface area contributed by atoms with Crippen LogP contribution in [0.3, 0.4) is 0 Å². The molecule has 3 atom stereocenters. The Morgan fingerprint density at radius 2 is 2.17 bits per heavy atom. The van der Waals surface area contributed by atoms with Crippen LogP contribution in [0.4, 0.5) is 10.1 Å². The summed E-state index contributed by atoms with van der Waals surface area (Å²) in [7, 11) is 0. The third-order valence-corrected chi connectivity index (χ3v) is 4.54. The van der Waals surface area contributed by atoms with Crippen molar-refractivity contribution in [2.75, 3.05) is 5.32 Å². The van der Waals surface area contributed by atoms with E-state index < -0.39 is 0 Å². The van der Waals surface area contributed by atoms with Gasteiger partial charge in [0.2, 0.25) is 5.91 Å². The van der Waals surface area contributed by atoms with Gasteiger partial charge in [-0.15, -0.1) is 0 Å². The molecular weight excluding hydrogens is 231 g/mol. The van der Waals surface area contributed by atoms with Crippen LogP contribution in [0.15, 0.2) is 12.1 Å². The molecule has 0 spiro atoms. The van der Waals surface area contributed by atoms with Gasteiger partial charge in [-0.2, -0.15) is 0 Å². The van der Waals surface area contributed by atoms with Gasteiger partial charge in [0.1, 0.15) is 5.82 Å². The molecule has 18 heavy (non-hydrogen) atoms. The molecule has 1 aromatic rings. The van der Waals surface area contributed by atoms with E-state index in [-0.39, 0.29) is 11.7 Å². The Labute approximate surface area is 105 Å². The van der Waals surface area contributed by atoms with Gasteiger partial charge >= 0.3 is 0 Å². The number of carbonyl (C=O) groups excluding carboxylic acids is 1. The molecule has 0 saturated carbocycles. The summed E-state index contributed by atoms with van der Waals surface area (Å²) < 4.78 is 14.0. The van der Waals surface area contributed by atoms with E-state index in [0.717, 1.165) is 17.5 Å². The molecule has 0 aromatic heterocycles. The molecule has 3 nitrogen and oxygen atoms in total. The van der Waals surface area contributed by atoms with Gasteiger partial charge in [0.15, 0.2) is 0 Å². The van der Waals surface area contributed by atoms with Crippen LogP contribution in [0.1, 0.15) is 36.3 Å². The molecule has 3 heterocycles. The highest BCUT2D eigenvalue weighted by molar-refractivity contribution is 5.99.